The number of aryl methyl sites for hydroxylation is 1. The van der Waals surface area contributed by atoms with Gasteiger partial charge in [-0.05, 0) is 19.4 Å². The minimum Gasteiger partial charge on any atom is -0.390 e. The molecule has 1 saturated heterocycles. The van der Waals surface area contributed by atoms with E-state index in [0.29, 0.717) is 25.3 Å². The number of aliphatic hydroxyl groups is 1. The molecule has 102 valence electrons. The van der Waals surface area contributed by atoms with Gasteiger partial charge in [-0.15, -0.1) is 0 Å². The summed E-state index contributed by atoms with van der Waals surface area (Å²) in [7, 11) is -1.88. The lowest BCUT2D eigenvalue weighted by molar-refractivity contribution is 0.178. The third kappa shape index (κ3) is 2.59. The van der Waals surface area contributed by atoms with Crippen LogP contribution in [-0.4, -0.2) is 36.8 Å². The second kappa shape index (κ2) is 4.65. The highest BCUT2D eigenvalue weighted by Gasteiger charge is 2.35. The summed E-state index contributed by atoms with van der Waals surface area (Å²) in [6.45, 7) is 2.58. The fraction of sp³-hybridized carbons (Fsp3) is 0.636. The van der Waals surface area contributed by atoms with E-state index in [2.05, 4.69) is 4.72 Å². The topological polar surface area (TPSA) is 80.6 Å². The molecular formula is C11H18N2O4S. The summed E-state index contributed by atoms with van der Waals surface area (Å²) in [6.07, 6.45) is 2.15. The lowest BCUT2D eigenvalue weighted by Crippen LogP contribution is -2.46. The van der Waals surface area contributed by atoms with Crippen LogP contribution in [-0.2, 0) is 28.4 Å². The molecule has 1 fully saturated rings. The minimum atomic E-state index is -3.58. The number of aromatic nitrogens is 1. The summed E-state index contributed by atoms with van der Waals surface area (Å²) in [5.74, 6) is 0. The number of ether oxygens (including phenoxy) is 1. The van der Waals surface area contributed by atoms with Crippen molar-refractivity contribution >= 4 is 10.0 Å². The fourth-order valence-corrected chi connectivity index (χ4v) is 3.53. The Labute approximate surface area is 107 Å². The smallest absolute Gasteiger partial charge is 0.242 e. The van der Waals surface area contributed by atoms with E-state index in [1.54, 1.807) is 11.6 Å². The Hall–Kier alpha value is -0.890. The Morgan fingerprint density at radius 2 is 2.33 bits per heavy atom. The van der Waals surface area contributed by atoms with E-state index in [0.717, 1.165) is 0 Å². The second-order valence-electron chi connectivity index (χ2n) is 4.90. The van der Waals surface area contributed by atoms with Gasteiger partial charge >= 0.3 is 0 Å². The lowest BCUT2D eigenvalue weighted by Gasteiger charge is -2.22. The number of hydrogen-bond acceptors (Lipinski definition) is 4. The molecule has 1 atom stereocenters. The molecule has 0 amide bonds. The van der Waals surface area contributed by atoms with Gasteiger partial charge in [0, 0.05) is 25.5 Å². The summed E-state index contributed by atoms with van der Waals surface area (Å²) in [5.41, 5.74) is 0.0110. The largest absolute Gasteiger partial charge is 0.390 e. The maximum atomic E-state index is 12.2. The highest BCUT2D eigenvalue weighted by molar-refractivity contribution is 7.89. The van der Waals surface area contributed by atoms with E-state index >= 15 is 0 Å². The standard InChI is InChI=1S/C11H18N2O4S/c1-11(3-4-17-8-11)12-18(15,16)10-5-9(7-14)13(2)6-10/h5-6,12,14H,3-4,7-8H2,1-2H3. The van der Waals surface area contributed by atoms with Crippen LogP contribution in [0.5, 0.6) is 0 Å². The molecule has 0 saturated carbocycles. The molecule has 2 rings (SSSR count). The first kappa shape index (κ1) is 13.5. The number of aliphatic hydroxyl groups excluding tert-OH is 1. The zero-order valence-electron chi connectivity index (χ0n) is 10.5. The zero-order chi connectivity index (χ0) is 13.4. The van der Waals surface area contributed by atoms with Gasteiger partial charge in [0.1, 0.15) is 0 Å². The van der Waals surface area contributed by atoms with Crippen LogP contribution in [0.4, 0.5) is 0 Å². The Kier molecular flexibility index (Phi) is 3.50. The number of rotatable bonds is 4. The molecule has 7 heteroatoms. The van der Waals surface area contributed by atoms with Crippen molar-refractivity contribution in [1.29, 1.82) is 0 Å². The third-order valence-electron chi connectivity index (χ3n) is 3.15. The molecule has 2 heterocycles. The molecule has 18 heavy (non-hydrogen) atoms. The summed E-state index contributed by atoms with van der Waals surface area (Å²) in [6, 6.07) is 1.47. The first-order valence-corrected chi connectivity index (χ1v) is 7.22. The van der Waals surface area contributed by atoms with E-state index in [1.807, 2.05) is 6.92 Å². The molecule has 6 nitrogen and oxygen atoms in total. The van der Waals surface area contributed by atoms with E-state index < -0.39 is 15.6 Å². The second-order valence-corrected chi connectivity index (χ2v) is 6.59. The average Bonchev–Trinajstić information content (AvgIpc) is 2.84. The van der Waals surface area contributed by atoms with Crippen molar-refractivity contribution in [3.05, 3.63) is 18.0 Å². The van der Waals surface area contributed by atoms with Crippen molar-refractivity contribution in [2.24, 2.45) is 7.05 Å². The molecule has 1 aromatic heterocycles. The molecule has 2 N–H and O–H groups in total. The maximum Gasteiger partial charge on any atom is 0.242 e. The lowest BCUT2D eigenvalue weighted by atomic mass is 10.0. The van der Waals surface area contributed by atoms with Gasteiger partial charge in [-0.2, -0.15) is 0 Å². The van der Waals surface area contributed by atoms with Gasteiger partial charge in [-0.25, -0.2) is 13.1 Å². The van der Waals surface area contributed by atoms with Crippen LogP contribution in [0, 0.1) is 0 Å². The molecule has 0 aliphatic carbocycles. The van der Waals surface area contributed by atoms with Gasteiger partial charge in [0.2, 0.25) is 10.0 Å². The van der Waals surface area contributed by atoms with Crippen LogP contribution in [0.15, 0.2) is 17.2 Å². The van der Waals surface area contributed by atoms with E-state index in [4.69, 9.17) is 9.84 Å². The predicted molar refractivity (Wildman–Crippen MR) is 65.5 cm³/mol. The zero-order valence-corrected chi connectivity index (χ0v) is 11.3. The van der Waals surface area contributed by atoms with Crippen LogP contribution >= 0.6 is 0 Å². The summed E-state index contributed by atoms with van der Waals surface area (Å²) < 4.78 is 33.9. The first-order chi connectivity index (χ1) is 8.36. The SMILES string of the molecule is Cn1cc(S(=O)(=O)NC2(C)CCOC2)cc1CO. The molecule has 0 radical (unpaired) electrons. The minimum absolute atomic E-state index is 0.169. The quantitative estimate of drug-likeness (QED) is 0.808. The Balaban J connectivity index is 2.24. The molecule has 0 spiro atoms. The molecule has 1 aliphatic rings. The number of nitrogens with zero attached hydrogens (tertiary/aromatic N) is 1. The monoisotopic (exact) mass is 274 g/mol. The van der Waals surface area contributed by atoms with E-state index in [9.17, 15) is 8.42 Å². The van der Waals surface area contributed by atoms with Gasteiger partial charge in [0.05, 0.1) is 23.6 Å². The van der Waals surface area contributed by atoms with Gasteiger partial charge in [0.15, 0.2) is 0 Å². The number of nitrogens with one attached hydrogen (secondary N) is 1. The highest BCUT2D eigenvalue weighted by Crippen LogP contribution is 2.22. The van der Waals surface area contributed by atoms with Crippen molar-refractivity contribution in [2.75, 3.05) is 13.2 Å². The molecule has 0 bridgehead atoms. The predicted octanol–water partition coefficient (Wildman–Crippen LogP) is -0.0253. The van der Waals surface area contributed by atoms with Crippen molar-refractivity contribution in [2.45, 2.75) is 30.4 Å². The van der Waals surface area contributed by atoms with Gasteiger partial charge in [0.25, 0.3) is 0 Å². The summed E-state index contributed by atoms with van der Waals surface area (Å²) in [5, 5.41) is 9.08. The van der Waals surface area contributed by atoms with Crippen LogP contribution < -0.4 is 4.72 Å². The number of hydrogen-bond donors (Lipinski definition) is 2. The number of sulfonamides is 1. The molecule has 1 unspecified atom stereocenters. The Morgan fingerprint density at radius 3 is 2.83 bits per heavy atom. The Bertz CT molecular complexity index is 529. The van der Waals surface area contributed by atoms with Crippen LogP contribution in [0.3, 0.4) is 0 Å². The van der Waals surface area contributed by atoms with E-state index in [-0.39, 0.29) is 11.5 Å². The third-order valence-corrected chi connectivity index (χ3v) is 4.76. The van der Waals surface area contributed by atoms with Crippen LogP contribution in [0.2, 0.25) is 0 Å². The van der Waals surface area contributed by atoms with Gasteiger partial charge in [-0.3, -0.25) is 0 Å². The summed E-state index contributed by atoms with van der Waals surface area (Å²) in [4.78, 5) is 0.169. The normalized spacial score (nSPS) is 24.6. The molecule has 1 aromatic rings. The van der Waals surface area contributed by atoms with Crippen molar-refractivity contribution < 1.29 is 18.3 Å². The first-order valence-electron chi connectivity index (χ1n) is 5.74. The Morgan fingerprint density at radius 1 is 1.61 bits per heavy atom. The maximum absolute atomic E-state index is 12.2. The van der Waals surface area contributed by atoms with Crippen LogP contribution in [0.25, 0.3) is 0 Å². The molecular weight excluding hydrogens is 256 g/mol. The van der Waals surface area contributed by atoms with Crippen LogP contribution in [0.1, 0.15) is 19.0 Å². The van der Waals surface area contributed by atoms with Crippen molar-refractivity contribution in [3.63, 3.8) is 0 Å². The average molecular weight is 274 g/mol. The highest BCUT2D eigenvalue weighted by atomic mass is 32.2. The van der Waals surface area contributed by atoms with Gasteiger partial charge < -0.3 is 14.4 Å². The van der Waals surface area contributed by atoms with Crippen molar-refractivity contribution in [3.8, 4) is 0 Å². The summed E-state index contributed by atoms with van der Waals surface area (Å²) >= 11 is 0. The van der Waals surface area contributed by atoms with Gasteiger partial charge in [-0.1, -0.05) is 0 Å². The fourth-order valence-electron chi connectivity index (χ4n) is 2.01. The molecule has 0 aromatic carbocycles. The van der Waals surface area contributed by atoms with E-state index in [1.165, 1.54) is 12.3 Å². The van der Waals surface area contributed by atoms with Crippen molar-refractivity contribution in [1.82, 2.24) is 9.29 Å². The molecule has 1 aliphatic heterocycles.